The van der Waals surface area contributed by atoms with Gasteiger partial charge in [-0.2, -0.15) is 0 Å². The normalized spacial score (nSPS) is 13.0. The third-order valence-corrected chi connectivity index (χ3v) is 13.3. The topological polar surface area (TPSA) is 25.8 Å². The molecule has 11 aromatic rings. The maximum Gasteiger partial charge on any atom is 0.160 e. The molecule has 2 nitrogen and oxygen atoms in total. The summed E-state index contributed by atoms with van der Waals surface area (Å²) in [6.45, 7) is 0. The van der Waals surface area contributed by atoms with Crippen molar-refractivity contribution in [1.82, 2.24) is 9.97 Å². The fraction of sp³-hybridized carbons (Fsp3) is 0.0169. The Kier molecular flexibility index (Phi) is 7.26. The van der Waals surface area contributed by atoms with Crippen molar-refractivity contribution < 1.29 is 0 Å². The fourth-order valence-electron chi connectivity index (χ4n) is 10.8. The second-order valence-electron chi connectivity index (χ2n) is 16.4. The van der Waals surface area contributed by atoms with Crippen molar-refractivity contribution in [3.8, 4) is 67.3 Å². The highest BCUT2D eigenvalue weighted by molar-refractivity contribution is 6.20. The van der Waals surface area contributed by atoms with E-state index in [1.807, 2.05) is 6.07 Å². The van der Waals surface area contributed by atoms with Crippen LogP contribution >= 0.6 is 0 Å². The van der Waals surface area contributed by atoms with E-state index in [0.717, 1.165) is 33.6 Å². The molecule has 2 aliphatic carbocycles. The molecule has 1 heterocycles. The SMILES string of the molecule is c1ccc(-c2nc(-c3cccc(-c4c5ccccc5cc5c4ccc4ccccc45)c3)cc(-c3cccc4c3-c3ccccc3C43c4ccccc4-c4ccccc43)n2)cc1. The number of hydrogen-bond donors (Lipinski definition) is 0. The third-order valence-electron chi connectivity index (χ3n) is 13.3. The van der Waals surface area contributed by atoms with Gasteiger partial charge in [-0.25, -0.2) is 9.97 Å². The molecule has 0 fully saturated rings. The lowest BCUT2D eigenvalue weighted by atomic mass is 9.70. The van der Waals surface area contributed by atoms with Gasteiger partial charge in [-0.3, -0.25) is 0 Å². The Hall–Kier alpha value is -7.94. The minimum atomic E-state index is -0.436. The van der Waals surface area contributed by atoms with Gasteiger partial charge in [0.05, 0.1) is 16.8 Å². The lowest BCUT2D eigenvalue weighted by molar-refractivity contribution is 0.794. The van der Waals surface area contributed by atoms with Crippen LogP contribution in [0.5, 0.6) is 0 Å². The first kappa shape index (κ1) is 34.0. The maximum absolute atomic E-state index is 5.43. The molecule has 0 saturated heterocycles. The number of benzene rings is 10. The van der Waals surface area contributed by atoms with Crippen LogP contribution in [0.25, 0.3) is 99.6 Å². The first-order valence-corrected chi connectivity index (χ1v) is 21.1. The molecule has 2 aliphatic rings. The zero-order valence-corrected chi connectivity index (χ0v) is 33.2. The van der Waals surface area contributed by atoms with Crippen LogP contribution in [0.4, 0.5) is 0 Å². The molecule has 0 radical (unpaired) electrons. The standard InChI is InChI=1S/C59H36N2/c1-2-17-38(18-3-1)58-60-54(40-20-14-21-41(34-40)56-43-23-7-5-19-39(43)35-49-42-22-6-4-16-37(42)32-33-46(49)56)36-55(61-58)48-27-15-31-53-57(48)47-26-10-13-30-52(47)59(53)50-28-11-8-24-44(50)45-25-9-12-29-51(45)59/h1-36H. The number of fused-ring (bicyclic) bond motifs is 14. The van der Waals surface area contributed by atoms with E-state index in [0.29, 0.717) is 5.82 Å². The Morgan fingerprint density at radius 1 is 0.279 bits per heavy atom. The number of hydrogen-bond acceptors (Lipinski definition) is 2. The Balaban J connectivity index is 1.05. The molecule has 61 heavy (non-hydrogen) atoms. The van der Waals surface area contributed by atoms with E-state index in [1.165, 1.54) is 82.4 Å². The molecule has 2 heteroatoms. The summed E-state index contributed by atoms with van der Waals surface area (Å²) in [5.41, 5.74) is 17.2. The van der Waals surface area contributed by atoms with Crippen molar-refractivity contribution in [2.45, 2.75) is 5.41 Å². The van der Waals surface area contributed by atoms with E-state index >= 15 is 0 Å². The van der Waals surface area contributed by atoms with E-state index in [4.69, 9.17) is 9.97 Å². The Morgan fingerprint density at radius 2 is 0.836 bits per heavy atom. The summed E-state index contributed by atoms with van der Waals surface area (Å²) in [6, 6.07) is 79.7. The van der Waals surface area contributed by atoms with E-state index in [2.05, 4.69) is 212 Å². The highest BCUT2D eigenvalue weighted by atomic mass is 14.9. The van der Waals surface area contributed by atoms with Crippen molar-refractivity contribution in [2.24, 2.45) is 0 Å². The summed E-state index contributed by atoms with van der Waals surface area (Å²) in [7, 11) is 0. The van der Waals surface area contributed by atoms with E-state index in [-0.39, 0.29) is 0 Å². The van der Waals surface area contributed by atoms with E-state index in [1.54, 1.807) is 0 Å². The van der Waals surface area contributed by atoms with Gasteiger partial charge in [-0.05, 0) is 106 Å². The monoisotopic (exact) mass is 772 g/mol. The molecule has 1 aromatic heterocycles. The van der Waals surface area contributed by atoms with Crippen LogP contribution in [-0.4, -0.2) is 9.97 Å². The van der Waals surface area contributed by atoms with Crippen LogP contribution in [0.3, 0.4) is 0 Å². The molecule has 0 aliphatic heterocycles. The Bertz CT molecular complexity index is 3560. The molecule has 1 spiro atoms. The van der Waals surface area contributed by atoms with Crippen molar-refractivity contribution in [3.63, 3.8) is 0 Å². The molecule has 0 N–H and O–H groups in total. The van der Waals surface area contributed by atoms with Gasteiger partial charge in [0.2, 0.25) is 0 Å². The van der Waals surface area contributed by atoms with Crippen molar-refractivity contribution >= 4 is 32.3 Å². The molecule has 0 atom stereocenters. The second-order valence-corrected chi connectivity index (χ2v) is 16.4. The van der Waals surface area contributed by atoms with Gasteiger partial charge < -0.3 is 0 Å². The average Bonchev–Trinajstić information content (AvgIpc) is 3.81. The van der Waals surface area contributed by atoms with Gasteiger partial charge >= 0.3 is 0 Å². The molecule has 0 unspecified atom stereocenters. The first-order chi connectivity index (χ1) is 30.3. The number of nitrogens with zero attached hydrogens (tertiary/aromatic N) is 2. The minimum absolute atomic E-state index is 0.436. The van der Waals surface area contributed by atoms with Gasteiger partial charge in [-0.15, -0.1) is 0 Å². The zero-order valence-electron chi connectivity index (χ0n) is 33.2. The van der Waals surface area contributed by atoms with Gasteiger partial charge in [0, 0.05) is 16.7 Å². The maximum atomic E-state index is 5.43. The molecular formula is C59H36N2. The highest BCUT2D eigenvalue weighted by Crippen LogP contribution is 2.64. The molecular weight excluding hydrogens is 737 g/mol. The van der Waals surface area contributed by atoms with Gasteiger partial charge in [0.15, 0.2) is 5.82 Å². The Labute approximate surface area is 354 Å². The summed E-state index contributed by atoms with van der Waals surface area (Å²) in [5.74, 6) is 0.704. The largest absolute Gasteiger partial charge is 0.228 e. The first-order valence-electron chi connectivity index (χ1n) is 21.1. The van der Waals surface area contributed by atoms with Crippen molar-refractivity contribution in [3.05, 3.63) is 241 Å². The fourth-order valence-corrected chi connectivity index (χ4v) is 10.8. The summed E-state index contributed by atoms with van der Waals surface area (Å²) >= 11 is 0. The second kappa shape index (κ2) is 13.0. The minimum Gasteiger partial charge on any atom is -0.228 e. The van der Waals surface area contributed by atoms with Gasteiger partial charge in [-0.1, -0.05) is 200 Å². The highest BCUT2D eigenvalue weighted by Gasteiger charge is 2.52. The molecule has 0 saturated carbocycles. The predicted molar refractivity (Wildman–Crippen MR) is 253 cm³/mol. The zero-order chi connectivity index (χ0) is 40.1. The lowest BCUT2D eigenvalue weighted by Crippen LogP contribution is -2.25. The average molecular weight is 773 g/mol. The van der Waals surface area contributed by atoms with Gasteiger partial charge in [0.1, 0.15) is 0 Å². The van der Waals surface area contributed by atoms with Crippen LogP contribution < -0.4 is 0 Å². The molecule has 0 amide bonds. The molecule has 0 bridgehead atoms. The van der Waals surface area contributed by atoms with Crippen LogP contribution in [0.15, 0.2) is 218 Å². The lowest BCUT2D eigenvalue weighted by Gasteiger charge is -2.30. The van der Waals surface area contributed by atoms with Crippen molar-refractivity contribution in [1.29, 1.82) is 0 Å². The number of aromatic nitrogens is 2. The van der Waals surface area contributed by atoms with Crippen LogP contribution in [0.2, 0.25) is 0 Å². The van der Waals surface area contributed by atoms with Gasteiger partial charge in [0.25, 0.3) is 0 Å². The molecule has 282 valence electrons. The van der Waals surface area contributed by atoms with Crippen LogP contribution in [0, 0.1) is 0 Å². The van der Waals surface area contributed by atoms with Crippen LogP contribution in [0.1, 0.15) is 22.3 Å². The predicted octanol–water partition coefficient (Wildman–Crippen LogP) is 14.9. The molecule has 13 rings (SSSR count). The summed E-state index contributed by atoms with van der Waals surface area (Å²) in [4.78, 5) is 10.8. The molecule has 10 aromatic carbocycles. The number of rotatable bonds is 4. The summed E-state index contributed by atoms with van der Waals surface area (Å²) in [5, 5.41) is 7.47. The summed E-state index contributed by atoms with van der Waals surface area (Å²) in [6.07, 6.45) is 0. The third kappa shape index (κ3) is 4.85. The Morgan fingerprint density at radius 3 is 1.62 bits per heavy atom. The quantitative estimate of drug-likeness (QED) is 0.132. The van der Waals surface area contributed by atoms with E-state index < -0.39 is 5.41 Å². The van der Waals surface area contributed by atoms with E-state index in [9.17, 15) is 0 Å². The van der Waals surface area contributed by atoms with Crippen LogP contribution in [-0.2, 0) is 5.41 Å². The smallest absolute Gasteiger partial charge is 0.160 e. The summed E-state index contributed by atoms with van der Waals surface area (Å²) < 4.78 is 0. The van der Waals surface area contributed by atoms with Crippen molar-refractivity contribution in [2.75, 3.05) is 0 Å².